The molecule has 1 atom stereocenters. The molecule has 0 radical (unpaired) electrons. The van der Waals surface area contributed by atoms with Crippen LogP contribution in [0.4, 0.5) is 0 Å². The Morgan fingerprint density at radius 2 is 2.05 bits per heavy atom. The summed E-state index contributed by atoms with van der Waals surface area (Å²) in [5.41, 5.74) is 6.81. The molecule has 1 unspecified atom stereocenters. The number of thiophene rings is 1. The normalized spacial score (nSPS) is 12.1. The average molecular weight is 290 g/mol. The minimum Gasteiger partial charge on any atom is -0.508 e. The first-order valence-electron chi connectivity index (χ1n) is 6.49. The number of benzene rings is 1. The van der Waals surface area contributed by atoms with E-state index in [-0.39, 0.29) is 11.7 Å². The maximum absolute atomic E-state index is 11.9. The molecule has 2 rings (SSSR count). The van der Waals surface area contributed by atoms with E-state index in [2.05, 4.69) is 5.32 Å². The number of rotatable bonds is 6. The highest BCUT2D eigenvalue weighted by Gasteiger charge is 2.13. The van der Waals surface area contributed by atoms with Gasteiger partial charge in [-0.3, -0.25) is 4.79 Å². The Hall–Kier alpha value is -1.85. The van der Waals surface area contributed by atoms with E-state index in [0.717, 1.165) is 12.0 Å². The van der Waals surface area contributed by atoms with Crippen LogP contribution in [-0.2, 0) is 17.6 Å². The number of phenols is 1. The van der Waals surface area contributed by atoms with Gasteiger partial charge in [0, 0.05) is 11.4 Å². The summed E-state index contributed by atoms with van der Waals surface area (Å²) in [6.07, 6.45) is 1.29. The Labute approximate surface area is 122 Å². The number of phenolic OH excluding ortho intramolecular Hbond substituents is 1. The molecule has 1 aromatic carbocycles. The van der Waals surface area contributed by atoms with E-state index in [4.69, 9.17) is 5.73 Å². The molecule has 1 heterocycles. The highest BCUT2D eigenvalue weighted by Crippen LogP contribution is 2.11. The molecule has 0 aliphatic heterocycles. The summed E-state index contributed by atoms with van der Waals surface area (Å²) in [6, 6.07) is 10.2. The van der Waals surface area contributed by atoms with Gasteiger partial charge in [0.05, 0.1) is 6.04 Å². The quantitative estimate of drug-likeness (QED) is 0.757. The fraction of sp³-hybridized carbons (Fsp3) is 0.267. The van der Waals surface area contributed by atoms with Crippen LogP contribution in [0.1, 0.15) is 10.4 Å². The topological polar surface area (TPSA) is 75.3 Å². The predicted molar refractivity (Wildman–Crippen MR) is 80.8 cm³/mol. The summed E-state index contributed by atoms with van der Waals surface area (Å²) in [4.78, 5) is 13.1. The summed E-state index contributed by atoms with van der Waals surface area (Å²) in [6.45, 7) is 0.600. The van der Waals surface area contributed by atoms with Crippen molar-refractivity contribution in [2.75, 3.05) is 6.54 Å². The lowest BCUT2D eigenvalue weighted by molar-refractivity contribution is -0.122. The highest BCUT2D eigenvalue weighted by molar-refractivity contribution is 7.09. The first-order chi connectivity index (χ1) is 9.65. The first-order valence-corrected chi connectivity index (χ1v) is 7.36. The number of aromatic hydroxyl groups is 1. The SMILES string of the molecule is NC(Cc1ccc(O)cc1)C(=O)NCCc1cccs1. The molecular weight excluding hydrogens is 272 g/mol. The molecule has 0 saturated heterocycles. The van der Waals surface area contributed by atoms with Gasteiger partial charge >= 0.3 is 0 Å². The molecule has 20 heavy (non-hydrogen) atoms. The van der Waals surface area contributed by atoms with Crippen molar-refractivity contribution in [2.24, 2.45) is 5.73 Å². The van der Waals surface area contributed by atoms with Crippen LogP contribution in [0.2, 0.25) is 0 Å². The van der Waals surface area contributed by atoms with Gasteiger partial charge in [-0.05, 0) is 42.0 Å². The second-order valence-electron chi connectivity index (χ2n) is 4.60. The van der Waals surface area contributed by atoms with Gasteiger partial charge in [0.2, 0.25) is 5.91 Å². The van der Waals surface area contributed by atoms with Crippen molar-refractivity contribution in [3.05, 3.63) is 52.2 Å². The van der Waals surface area contributed by atoms with Gasteiger partial charge in [0.15, 0.2) is 0 Å². The predicted octanol–water partition coefficient (Wildman–Crippen LogP) is 1.68. The first kappa shape index (κ1) is 14.6. The molecule has 0 fully saturated rings. The van der Waals surface area contributed by atoms with E-state index in [1.807, 2.05) is 17.5 Å². The van der Waals surface area contributed by atoms with Crippen LogP contribution in [-0.4, -0.2) is 23.6 Å². The lowest BCUT2D eigenvalue weighted by Crippen LogP contribution is -2.42. The van der Waals surface area contributed by atoms with Gasteiger partial charge in [-0.15, -0.1) is 11.3 Å². The molecule has 5 heteroatoms. The molecule has 0 bridgehead atoms. The van der Waals surface area contributed by atoms with Crippen LogP contribution < -0.4 is 11.1 Å². The van der Waals surface area contributed by atoms with Crippen molar-refractivity contribution in [2.45, 2.75) is 18.9 Å². The standard InChI is InChI=1S/C15H18N2O2S/c16-14(10-11-3-5-12(18)6-4-11)15(19)17-8-7-13-2-1-9-20-13/h1-6,9,14,18H,7-8,10,16H2,(H,17,19). The van der Waals surface area contributed by atoms with Crippen molar-refractivity contribution >= 4 is 17.2 Å². The number of nitrogens with one attached hydrogen (secondary N) is 1. The van der Waals surface area contributed by atoms with Crippen molar-refractivity contribution in [3.8, 4) is 5.75 Å². The number of hydrogen-bond donors (Lipinski definition) is 3. The van der Waals surface area contributed by atoms with Crippen LogP contribution in [0.25, 0.3) is 0 Å². The van der Waals surface area contributed by atoms with Crippen LogP contribution in [0.15, 0.2) is 41.8 Å². The summed E-state index contributed by atoms with van der Waals surface area (Å²) >= 11 is 1.68. The minimum atomic E-state index is -0.567. The molecule has 0 saturated carbocycles. The van der Waals surface area contributed by atoms with E-state index >= 15 is 0 Å². The molecule has 4 N–H and O–H groups in total. The van der Waals surface area contributed by atoms with Gasteiger partial charge in [-0.1, -0.05) is 18.2 Å². The van der Waals surface area contributed by atoms with Gasteiger partial charge in [0.1, 0.15) is 5.75 Å². The van der Waals surface area contributed by atoms with E-state index < -0.39 is 6.04 Å². The maximum Gasteiger partial charge on any atom is 0.237 e. The zero-order chi connectivity index (χ0) is 14.4. The Morgan fingerprint density at radius 1 is 1.30 bits per heavy atom. The van der Waals surface area contributed by atoms with Crippen molar-refractivity contribution < 1.29 is 9.90 Å². The zero-order valence-corrected chi connectivity index (χ0v) is 11.9. The molecule has 1 amide bonds. The molecule has 2 aromatic rings. The summed E-state index contributed by atoms with van der Waals surface area (Å²) in [5, 5.41) is 14.1. The largest absolute Gasteiger partial charge is 0.508 e. The zero-order valence-electron chi connectivity index (χ0n) is 11.1. The van der Waals surface area contributed by atoms with Crippen molar-refractivity contribution in [1.29, 1.82) is 0 Å². The second kappa shape index (κ2) is 7.07. The second-order valence-corrected chi connectivity index (χ2v) is 5.63. The van der Waals surface area contributed by atoms with Crippen LogP contribution >= 0.6 is 11.3 Å². The monoisotopic (exact) mass is 290 g/mol. The van der Waals surface area contributed by atoms with Gasteiger partial charge in [-0.25, -0.2) is 0 Å². The van der Waals surface area contributed by atoms with E-state index in [0.29, 0.717) is 13.0 Å². The van der Waals surface area contributed by atoms with Gasteiger partial charge in [-0.2, -0.15) is 0 Å². The van der Waals surface area contributed by atoms with Crippen molar-refractivity contribution in [1.82, 2.24) is 5.32 Å². The molecule has 0 aliphatic rings. The maximum atomic E-state index is 11.9. The summed E-state index contributed by atoms with van der Waals surface area (Å²) < 4.78 is 0. The summed E-state index contributed by atoms with van der Waals surface area (Å²) in [7, 11) is 0. The third-order valence-electron chi connectivity index (χ3n) is 2.98. The van der Waals surface area contributed by atoms with Crippen LogP contribution in [0, 0.1) is 0 Å². The van der Waals surface area contributed by atoms with Crippen molar-refractivity contribution in [3.63, 3.8) is 0 Å². The number of amides is 1. The lowest BCUT2D eigenvalue weighted by atomic mass is 10.1. The molecular formula is C15H18N2O2S. The minimum absolute atomic E-state index is 0.144. The molecule has 0 aliphatic carbocycles. The Balaban J connectivity index is 1.75. The number of carbonyl (C=O) groups is 1. The van der Waals surface area contributed by atoms with E-state index in [1.165, 1.54) is 4.88 Å². The lowest BCUT2D eigenvalue weighted by Gasteiger charge is -2.12. The smallest absolute Gasteiger partial charge is 0.237 e. The van der Waals surface area contributed by atoms with Gasteiger partial charge in [0.25, 0.3) is 0 Å². The Bertz CT molecular complexity index is 538. The highest BCUT2D eigenvalue weighted by atomic mass is 32.1. The average Bonchev–Trinajstić information content (AvgIpc) is 2.94. The van der Waals surface area contributed by atoms with Crippen LogP contribution in [0.3, 0.4) is 0 Å². The summed E-state index contributed by atoms with van der Waals surface area (Å²) in [5.74, 6) is 0.0670. The van der Waals surface area contributed by atoms with E-state index in [1.54, 1.807) is 35.6 Å². The Kier molecular flexibility index (Phi) is 5.15. The number of nitrogens with two attached hydrogens (primary N) is 1. The van der Waals surface area contributed by atoms with Crippen LogP contribution in [0.5, 0.6) is 5.75 Å². The molecule has 106 valence electrons. The third-order valence-corrected chi connectivity index (χ3v) is 3.92. The number of carbonyl (C=O) groups excluding carboxylic acids is 1. The third kappa shape index (κ3) is 4.36. The van der Waals surface area contributed by atoms with Gasteiger partial charge < -0.3 is 16.2 Å². The molecule has 0 spiro atoms. The molecule has 1 aromatic heterocycles. The fourth-order valence-electron chi connectivity index (χ4n) is 1.87. The Morgan fingerprint density at radius 3 is 2.70 bits per heavy atom. The fourth-order valence-corrected chi connectivity index (χ4v) is 2.58. The molecule has 4 nitrogen and oxygen atoms in total. The number of hydrogen-bond acceptors (Lipinski definition) is 4. The van der Waals surface area contributed by atoms with E-state index in [9.17, 15) is 9.90 Å².